The molecule has 20 heavy (non-hydrogen) atoms. The van der Waals surface area contributed by atoms with Gasteiger partial charge in [-0.3, -0.25) is 4.79 Å². The molecule has 3 nitrogen and oxygen atoms in total. The second kappa shape index (κ2) is 5.38. The van der Waals surface area contributed by atoms with Crippen LogP contribution in [0.5, 0.6) is 0 Å². The molecule has 2 fully saturated rings. The summed E-state index contributed by atoms with van der Waals surface area (Å²) in [7, 11) is 0. The third-order valence-electron chi connectivity index (χ3n) is 4.81. The first-order valence-electron chi connectivity index (χ1n) is 7.49. The van der Waals surface area contributed by atoms with Crippen LogP contribution in [0.2, 0.25) is 0 Å². The van der Waals surface area contributed by atoms with Gasteiger partial charge in [-0.05, 0) is 44.2 Å². The molecule has 3 rings (SSSR count). The molecule has 1 aromatic carbocycles. The van der Waals surface area contributed by atoms with E-state index in [1.54, 1.807) is 6.07 Å². The fourth-order valence-electron chi connectivity index (χ4n) is 3.72. The first kappa shape index (κ1) is 13.3. The Hall–Kier alpha value is -1.66. The molecule has 2 bridgehead atoms. The number of fused-ring (bicyclic) bond motifs is 2. The van der Waals surface area contributed by atoms with Gasteiger partial charge in [0.15, 0.2) is 5.78 Å². The molecule has 2 atom stereocenters. The zero-order valence-corrected chi connectivity index (χ0v) is 11.9. The molecule has 2 aliphatic rings. The molecule has 0 radical (unpaired) electrons. The second-order valence-corrected chi connectivity index (χ2v) is 6.11. The maximum atomic E-state index is 12.8. The highest BCUT2D eigenvalue weighted by atomic mass is 16.1. The minimum Gasteiger partial charge on any atom is -0.311 e. The molecule has 0 spiro atoms. The summed E-state index contributed by atoms with van der Waals surface area (Å²) in [6, 6.07) is 8.66. The summed E-state index contributed by atoms with van der Waals surface area (Å²) in [5, 5.41) is 12.7. The van der Waals surface area contributed by atoms with Gasteiger partial charge in [-0.15, -0.1) is 0 Å². The highest BCUT2D eigenvalue weighted by molar-refractivity contribution is 5.99. The van der Waals surface area contributed by atoms with Crippen LogP contribution in [0, 0.1) is 24.2 Å². The van der Waals surface area contributed by atoms with E-state index < -0.39 is 0 Å². The predicted molar refractivity (Wildman–Crippen MR) is 77.5 cm³/mol. The van der Waals surface area contributed by atoms with Crippen LogP contribution in [-0.2, 0) is 0 Å². The lowest BCUT2D eigenvalue weighted by Crippen LogP contribution is -2.50. The number of piperidine rings is 2. The van der Waals surface area contributed by atoms with Gasteiger partial charge < -0.3 is 5.32 Å². The number of ketones is 1. The van der Waals surface area contributed by atoms with Crippen molar-refractivity contribution in [2.24, 2.45) is 5.92 Å². The van der Waals surface area contributed by atoms with Crippen molar-refractivity contribution >= 4 is 5.78 Å². The van der Waals surface area contributed by atoms with Gasteiger partial charge in [-0.25, -0.2) is 0 Å². The number of Topliss-reactive ketones (excluding diaryl/α,β-unsaturated/α-hetero) is 1. The highest BCUT2D eigenvalue weighted by Crippen LogP contribution is 2.32. The standard InChI is InChI=1S/C17H20N2O/c1-11-12(10-18)4-2-7-16(11)17(20)13-8-14-5-3-6-15(9-13)19-14/h2,4,7,13-15,19H,3,5-6,8-9H2,1H3. The fraction of sp³-hybridized carbons (Fsp3) is 0.529. The van der Waals surface area contributed by atoms with E-state index in [-0.39, 0.29) is 11.7 Å². The van der Waals surface area contributed by atoms with Crippen LogP contribution in [0.15, 0.2) is 18.2 Å². The Morgan fingerprint density at radius 1 is 1.30 bits per heavy atom. The average molecular weight is 268 g/mol. The SMILES string of the molecule is Cc1c(C#N)cccc1C(=O)C1CC2CCCC(C1)N2. The lowest BCUT2D eigenvalue weighted by molar-refractivity contribution is 0.0824. The summed E-state index contributed by atoms with van der Waals surface area (Å²) in [4.78, 5) is 12.8. The smallest absolute Gasteiger partial charge is 0.166 e. The van der Waals surface area contributed by atoms with Crippen molar-refractivity contribution in [1.82, 2.24) is 5.32 Å². The maximum Gasteiger partial charge on any atom is 0.166 e. The molecule has 0 aromatic heterocycles. The Morgan fingerprint density at radius 3 is 2.65 bits per heavy atom. The van der Waals surface area contributed by atoms with Gasteiger partial charge in [0.05, 0.1) is 11.6 Å². The first-order valence-corrected chi connectivity index (χ1v) is 7.49. The van der Waals surface area contributed by atoms with Crippen molar-refractivity contribution in [3.05, 3.63) is 34.9 Å². The Bertz CT molecular complexity index is 561. The van der Waals surface area contributed by atoms with Crippen molar-refractivity contribution < 1.29 is 4.79 Å². The van der Waals surface area contributed by atoms with Gasteiger partial charge >= 0.3 is 0 Å². The van der Waals surface area contributed by atoms with E-state index in [0.29, 0.717) is 17.6 Å². The van der Waals surface area contributed by atoms with Crippen LogP contribution in [0.3, 0.4) is 0 Å². The van der Waals surface area contributed by atoms with E-state index in [1.165, 1.54) is 19.3 Å². The lowest BCUT2D eigenvalue weighted by atomic mass is 9.76. The number of hydrogen-bond acceptors (Lipinski definition) is 3. The minimum atomic E-state index is 0.124. The second-order valence-electron chi connectivity index (χ2n) is 6.11. The molecular weight excluding hydrogens is 248 g/mol. The summed E-state index contributed by atoms with van der Waals surface area (Å²) >= 11 is 0. The minimum absolute atomic E-state index is 0.124. The molecule has 2 saturated heterocycles. The lowest BCUT2D eigenvalue weighted by Gasteiger charge is -2.39. The summed E-state index contributed by atoms with van der Waals surface area (Å²) in [6.45, 7) is 1.88. The zero-order valence-electron chi connectivity index (χ0n) is 11.9. The van der Waals surface area contributed by atoms with Crippen LogP contribution in [0.1, 0.15) is 53.6 Å². The van der Waals surface area contributed by atoms with E-state index in [2.05, 4.69) is 11.4 Å². The molecule has 2 aliphatic heterocycles. The topological polar surface area (TPSA) is 52.9 Å². The Labute approximate surface area is 120 Å². The van der Waals surface area contributed by atoms with Gasteiger partial charge in [0.25, 0.3) is 0 Å². The molecule has 0 saturated carbocycles. The Morgan fingerprint density at radius 2 is 2.00 bits per heavy atom. The zero-order chi connectivity index (χ0) is 14.1. The molecule has 1 N–H and O–H groups in total. The summed E-state index contributed by atoms with van der Waals surface area (Å²) in [5.74, 6) is 0.359. The van der Waals surface area contributed by atoms with Gasteiger partial charge in [-0.2, -0.15) is 5.26 Å². The van der Waals surface area contributed by atoms with Gasteiger partial charge in [0, 0.05) is 23.6 Å². The average Bonchev–Trinajstić information content (AvgIpc) is 2.46. The van der Waals surface area contributed by atoms with E-state index in [0.717, 1.165) is 24.0 Å². The van der Waals surface area contributed by atoms with Gasteiger partial charge in [0.2, 0.25) is 0 Å². The van der Waals surface area contributed by atoms with Gasteiger partial charge in [-0.1, -0.05) is 18.6 Å². The van der Waals surface area contributed by atoms with Crippen LogP contribution < -0.4 is 5.32 Å². The Balaban J connectivity index is 1.84. The number of rotatable bonds is 2. The number of carbonyl (C=O) groups is 1. The van der Waals surface area contributed by atoms with E-state index in [9.17, 15) is 4.79 Å². The van der Waals surface area contributed by atoms with Crippen molar-refractivity contribution in [2.45, 2.75) is 51.1 Å². The molecule has 2 unspecified atom stereocenters. The molecular formula is C17H20N2O. The quantitative estimate of drug-likeness (QED) is 0.839. The van der Waals surface area contributed by atoms with Crippen molar-refractivity contribution in [2.75, 3.05) is 0 Å². The predicted octanol–water partition coefficient (Wildman–Crippen LogP) is 2.97. The van der Waals surface area contributed by atoms with E-state index in [1.807, 2.05) is 19.1 Å². The van der Waals surface area contributed by atoms with Crippen molar-refractivity contribution in [1.29, 1.82) is 5.26 Å². The normalized spacial score (nSPS) is 28.7. The fourth-order valence-corrected chi connectivity index (χ4v) is 3.72. The molecule has 2 heterocycles. The number of nitriles is 1. The number of nitrogens with zero attached hydrogens (tertiary/aromatic N) is 1. The third kappa shape index (κ3) is 2.36. The Kier molecular flexibility index (Phi) is 3.58. The molecule has 0 aliphatic carbocycles. The first-order chi connectivity index (χ1) is 9.69. The monoisotopic (exact) mass is 268 g/mol. The number of hydrogen-bond donors (Lipinski definition) is 1. The number of benzene rings is 1. The maximum absolute atomic E-state index is 12.8. The van der Waals surface area contributed by atoms with Crippen LogP contribution in [-0.4, -0.2) is 17.9 Å². The van der Waals surface area contributed by atoms with Crippen LogP contribution >= 0.6 is 0 Å². The summed E-state index contributed by atoms with van der Waals surface area (Å²) in [6.07, 6.45) is 5.57. The van der Waals surface area contributed by atoms with Gasteiger partial charge in [0.1, 0.15) is 0 Å². The number of carbonyl (C=O) groups excluding carboxylic acids is 1. The highest BCUT2D eigenvalue weighted by Gasteiger charge is 2.35. The molecule has 0 amide bonds. The van der Waals surface area contributed by atoms with Crippen molar-refractivity contribution in [3.8, 4) is 6.07 Å². The number of nitrogens with one attached hydrogen (secondary N) is 1. The summed E-state index contributed by atoms with van der Waals surface area (Å²) < 4.78 is 0. The molecule has 104 valence electrons. The van der Waals surface area contributed by atoms with Crippen LogP contribution in [0.25, 0.3) is 0 Å². The summed E-state index contributed by atoms with van der Waals surface area (Å²) in [5.41, 5.74) is 2.20. The van der Waals surface area contributed by atoms with E-state index >= 15 is 0 Å². The molecule has 3 heteroatoms. The largest absolute Gasteiger partial charge is 0.311 e. The third-order valence-corrected chi connectivity index (χ3v) is 4.81. The van der Waals surface area contributed by atoms with Crippen molar-refractivity contribution in [3.63, 3.8) is 0 Å². The molecule has 1 aromatic rings. The van der Waals surface area contributed by atoms with E-state index in [4.69, 9.17) is 5.26 Å². The van der Waals surface area contributed by atoms with Crippen LogP contribution in [0.4, 0.5) is 0 Å².